The van der Waals surface area contributed by atoms with Gasteiger partial charge in [0.2, 0.25) is 18.0 Å². The van der Waals surface area contributed by atoms with Crippen LogP contribution in [0.3, 0.4) is 0 Å². The van der Waals surface area contributed by atoms with E-state index in [1.54, 1.807) is 0 Å². The summed E-state index contributed by atoms with van der Waals surface area (Å²) in [6.45, 7) is 3.03. The zero-order valence-corrected chi connectivity index (χ0v) is 19.1. The lowest BCUT2D eigenvalue weighted by atomic mass is 10.1. The van der Waals surface area contributed by atoms with Crippen molar-refractivity contribution < 1.29 is 67.1 Å². The van der Waals surface area contributed by atoms with Crippen molar-refractivity contribution >= 4 is 41.6 Å². The van der Waals surface area contributed by atoms with Gasteiger partial charge in [0.1, 0.15) is 13.2 Å². The maximum absolute atomic E-state index is 12.8. The summed E-state index contributed by atoms with van der Waals surface area (Å²) in [6, 6.07) is -1.83. The van der Waals surface area contributed by atoms with Crippen LogP contribution in [0.4, 0.5) is 0 Å². The van der Waals surface area contributed by atoms with E-state index >= 15 is 0 Å². The molecule has 2 heterocycles. The SMILES string of the molecule is CC(=O)OC[C@H](OC(C)=O)[C@H]1OC(=O)C(NC2=C(O)[C@@H]([C@H](COC(C)=O)OC(C)=O)OC2=O)C1=O. The van der Waals surface area contributed by atoms with Gasteiger partial charge in [0.05, 0.1) is 0 Å². The Hall–Kier alpha value is -4.17. The topological polar surface area (TPSA) is 207 Å². The minimum atomic E-state index is -1.83. The van der Waals surface area contributed by atoms with Crippen LogP contribution in [0.15, 0.2) is 11.5 Å². The number of Topliss-reactive ketones (excluding diaryl/α,β-unsaturated/α-hetero) is 1. The molecule has 0 bridgehead atoms. The largest absolute Gasteiger partial charge is 0.506 e. The molecule has 0 aromatic carbocycles. The second kappa shape index (κ2) is 11.3. The zero-order chi connectivity index (χ0) is 26.4. The van der Waals surface area contributed by atoms with E-state index in [0.29, 0.717) is 0 Å². The molecule has 0 aromatic rings. The van der Waals surface area contributed by atoms with Crippen LogP contribution < -0.4 is 5.32 Å². The lowest BCUT2D eigenvalue weighted by molar-refractivity contribution is -0.169. The molecule has 0 saturated carbocycles. The maximum Gasteiger partial charge on any atom is 0.358 e. The number of esters is 6. The van der Waals surface area contributed by atoms with Crippen molar-refractivity contribution in [2.75, 3.05) is 13.2 Å². The highest BCUT2D eigenvalue weighted by molar-refractivity contribution is 6.11. The average Bonchev–Trinajstić information content (AvgIpc) is 3.18. The number of rotatable bonds is 10. The number of ether oxygens (including phenoxy) is 6. The van der Waals surface area contributed by atoms with Crippen LogP contribution in [0.2, 0.25) is 0 Å². The molecular formula is C20H23NO14. The zero-order valence-electron chi connectivity index (χ0n) is 19.1. The minimum Gasteiger partial charge on any atom is -0.506 e. The fourth-order valence-electron chi connectivity index (χ4n) is 3.12. The third-order valence-corrected chi connectivity index (χ3v) is 4.51. The second-order valence-corrected chi connectivity index (χ2v) is 7.32. The number of hydrogen-bond acceptors (Lipinski definition) is 15. The first-order chi connectivity index (χ1) is 16.3. The fraction of sp³-hybridized carbons (Fsp3) is 0.550. The van der Waals surface area contributed by atoms with Crippen LogP contribution in [0.1, 0.15) is 27.7 Å². The number of cyclic esters (lactones) is 2. The van der Waals surface area contributed by atoms with Crippen LogP contribution in [0.25, 0.3) is 0 Å². The number of carbonyl (C=O) groups is 7. The quantitative estimate of drug-likeness (QED) is 0.191. The highest BCUT2D eigenvalue weighted by Gasteiger charge is 2.51. The second-order valence-electron chi connectivity index (χ2n) is 7.32. The van der Waals surface area contributed by atoms with Gasteiger partial charge < -0.3 is 38.8 Å². The first kappa shape index (κ1) is 27.1. The molecule has 1 unspecified atom stereocenters. The molecule has 5 atom stereocenters. The predicted molar refractivity (Wildman–Crippen MR) is 106 cm³/mol. The lowest BCUT2D eigenvalue weighted by Gasteiger charge is -2.21. The highest BCUT2D eigenvalue weighted by atomic mass is 16.6. The fourth-order valence-corrected chi connectivity index (χ4v) is 3.12. The molecule has 2 aliphatic heterocycles. The van der Waals surface area contributed by atoms with E-state index in [2.05, 4.69) is 5.32 Å². The Bertz CT molecular complexity index is 969. The number of aliphatic hydroxyl groups is 1. The Morgan fingerprint density at radius 1 is 0.829 bits per heavy atom. The number of ketones is 1. The van der Waals surface area contributed by atoms with Gasteiger partial charge in [-0.1, -0.05) is 0 Å². The molecular weight excluding hydrogens is 478 g/mol. The standard InChI is InChI=1S/C20H23NO14/c1-7(22)30-5-11(32-9(3)24)17-15(26)13(19(28)34-17)21-14-16(27)18(35-20(14)29)12(33-10(4)25)6-31-8(2)23/h11-13,17-18,21,27H,5-6H2,1-4H3/t11-,12-,13?,17+,18+/m0/s1. The summed E-state index contributed by atoms with van der Waals surface area (Å²) >= 11 is 0. The molecule has 2 aliphatic rings. The highest BCUT2D eigenvalue weighted by Crippen LogP contribution is 2.26. The maximum atomic E-state index is 12.8. The Morgan fingerprint density at radius 2 is 1.31 bits per heavy atom. The van der Waals surface area contributed by atoms with Crippen molar-refractivity contribution in [3.05, 3.63) is 11.5 Å². The summed E-state index contributed by atoms with van der Waals surface area (Å²) in [5.41, 5.74) is -0.713. The normalized spacial score (nSPS) is 23.1. The molecule has 1 saturated heterocycles. The molecule has 2 N–H and O–H groups in total. The van der Waals surface area contributed by atoms with Crippen LogP contribution in [-0.4, -0.2) is 90.4 Å². The first-order valence-electron chi connectivity index (χ1n) is 10.1. The van der Waals surface area contributed by atoms with Gasteiger partial charge >= 0.3 is 35.8 Å². The molecule has 0 aromatic heterocycles. The Labute approximate surface area is 197 Å². The van der Waals surface area contributed by atoms with E-state index in [1.807, 2.05) is 0 Å². The van der Waals surface area contributed by atoms with E-state index in [9.17, 15) is 38.7 Å². The van der Waals surface area contributed by atoms with Gasteiger partial charge in [0.25, 0.3) is 0 Å². The van der Waals surface area contributed by atoms with Crippen LogP contribution in [-0.2, 0) is 62.0 Å². The molecule has 0 spiro atoms. The number of hydrogen-bond donors (Lipinski definition) is 2. The summed E-state index contributed by atoms with van der Waals surface area (Å²) in [5, 5.41) is 12.7. The Kier molecular flexibility index (Phi) is 8.75. The summed E-state index contributed by atoms with van der Waals surface area (Å²) in [5.74, 6) is -7.42. The van der Waals surface area contributed by atoms with E-state index in [-0.39, 0.29) is 0 Å². The van der Waals surface area contributed by atoms with Crippen molar-refractivity contribution in [3.63, 3.8) is 0 Å². The minimum absolute atomic E-state index is 0.573. The van der Waals surface area contributed by atoms with E-state index in [4.69, 9.17) is 28.4 Å². The molecule has 2 rings (SSSR count). The van der Waals surface area contributed by atoms with Crippen molar-refractivity contribution in [3.8, 4) is 0 Å². The molecule has 0 amide bonds. The molecule has 0 aliphatic carbocycles. The van der Waals surface area contributed by atoms with Gasteiger partial charge in [0, 0.05) is 27.7 Å². The van der Waals surface area contributed by atoms with Crippen molar-refractivity contribution in [1.82, 2.24) is 5.32 Å². The predicted octanol–water partition coefficient (Wildman–Crippen LogP) is -1.88. The summed E-state index contributed by atoms with van der Waals surface area (Å²) in [6.07, 6.45) is -6.20. The number of aliphatic hydroxyl groups excluding tert-OH is 1. The van der Waals surface area contributed by atoms with Gasteiger partial charge in [-0.25, -0.2) is 9.59 Å². The first-order valence-corrected chi connectivity index (χ1v) is 10.1. The average molecular weight is 501 g/mol. The van der Waals surface area contributed by atoms with Crippen LogP contribution >= 0.6 is 0 Å². The third-order valence-electron chi connectivity index (χ3n) is 4.51. The van der Waals surface area contributed by atoms with Crippen molar-refractivity contribution in [2.24, 2.45) is 0 Å². The Morgan fingerprint density at radius 3 is 1.77 bits per heavy atom. The van der Waals surface area contributed by atoms with E-state index in [0.717, 1.165) is 27.7 Å². The van der Waals surface area contributed by atoms with E-state index < -0.39 is 96.7 Å². The number of nitrogens with one attached hydrogen (secondary N) is 1. The molecule has 0 radical (unpaired) electrons. The van der Waals surface area contributed by atoms with Crippen molar-refractivity contribution in [1.29, 1.82) is 0 Å². The van der Waals surface area contributed by atoms with Gasteiger partial charge in [0.15, 0.2) is 29.7 Å². The molecule has 15 nitrogen and oxygen atoms in total. The molecule has 192 valence electrons. The lowest BCUT2D eigenvalue weighted by Crippen LogP contribution is -2.45. The Balaban J connectivity index is 2.23. The molecule has 1 fully saturated rings. The summed E-state index contributed by atoms with van der Waals surface area (Å²) < 4.78 is 29.2. The van der Waals surface area contributed by atoms with E-state index in [1.165, 1.54) is 0 Å². The van der Waals surface area contributed by atoms with Gasteiger partial charge in [-0.3, -0.25) is 24.0 Å². The van der Waals surface area contributed by atoms with Crippen molar-refractivity contribution in [2.45, 2.75) is 58.2 Å². The van der Waals surface area contributed by atoms with Gasteiger partial charge in [-0.2, -0.15) is 0 Å². The smallest absolute Gasteiger partial charge is 0.358 e. The van der Waals surface area contributed by atoms with Gasteiger partial charge in [-0.05, 0) is 0 Å². The molecule has 15 heteroatoms. The van der Waals surface area contributed by atoms with Crippen LogP contribution in [0.5, 0.6) is 0 Å². The van der Waals surface area contributed by atoms with Crippen LogP contribution in [0, 0.1) is 0 Å². The summed E-state index contributed by atoms with van der Waals surface area (Å²) in [7, 11) is 0. The monoisotopic (exact) mass is 501 g/mol. The summed E-state index contributed by atoms with van der Waals surface area (Å²) in [4.78, 5) is 82.4. The molecule has 35 heavy (non-hydrogen) atoms. The number of carbonyl (C=O) groups excluding carboxylic acids is 7. The third kappa shape index (κ3) is 6.91. The van der Waals surface area contributed by atoms with Gasteiger partial charge in [-0.15, -0.1) is 0 Å².